The molecule has 3 fully saturated rings. The Balaban J connectivity index is 1.43. The summed E-state index contributed by atoms with van der Waals surface area (Å²) >= 11 is 0. The minimum absolute atomic E-state index is 0.0300. The van der Waals surface area contributed by atoms with E-state index in [9.17, 15) is 13.2 Å². The van der Waals surface area contributed by atoms with Crippen molar-refractivity contribution in [3.8, 4) is 0 Å². The van der Waals surface area contributed by atoms with Gasteiger partial charge in [0.15, 0.2) is 0 Å². The second kappa shape index (κ2) is 8.74. The maximum atomic E-state index is 13.1. The van der Waals surface area contributed by atoms with Crippen LogP contribution in [0.4, 0.5) is 0 Å². The summed E-state index contributed by atoms with van der Waals surface area (Å²) in [5.41, 5.74) is 0.588. The van der Waals surface area contributed by atoms with E-state index in [-0.39, 0.29) is 11.9 Å². The predicted molar refractivity (Wildman–Crippen MR) is 113 cm³/mol. The molecule has 0 aliphatic carbocycles. The van der Waals surface area contributed by atoms with Crippen LogP contribution in [0.25, 0.3) is 0 Å². The fraction of sp³-hybridized carbons (Fsp3) is 0.682. The molecule has 1 aromatic rings. The molecule has 4 rings (SSSR count). The van der Waals surface area contributed by atoms with Crippen molar-refractivity contribution in [2.24, 2.45) is 5.92 Å². The molecule has 0 N–H and O–H groups in total. The molecule has 0 radical (unpaired) electrons. The van der Waals surface area contributed by atoms with E-state index in [2.05, 4.69) is 11.8 Å². The van der Waals surface area contributed by atoms with E-state index in [1.165, 1.54) is 12.8 Å². The lowest BCUT2D eigenvalue weighted by Gasteiger charge is -2.30. The Morgan fingerprint density at radius 3 is 2.24 bits per heavy atom. The zero-order valence-corrected chi connectivity index (χ0v) is 18.2. The number of carbonyl (C=O) groups excluding carboxylic acids is 1. The number of likely N-dealkylation sites (tertiary alicyclic amines) is 2. The first-order chi connectivity index (χ1) is 13.9. The van der Waals surface area contributed by atoms with Crippen molar-refractivity contribution in [3.05, 3.63) is 29.8 Å². The standard InChI is InChI=1S/C22H33N3O3S/c1-18-10-15-24(16-11-18)29(27,28)21-8-6-19(7-9-21)22(26)25-14-4-5-20(25)17-23-12-2-3-13-23/h6-9,18,20H,2-5,10-17H2,1H3. The van der Waals surface area contributed by atoms with Crippen molar-refractivity contribution in [1.82, 2.24) is 14.1 Å². The quantitative estimate of drug-likeness (QED) is 0.736. The van der Waals surface area contributed by atoms with Gasteiger partial charge in [-0.2, -0.15) is 4.31 Å². The lowest BCUT2D eigenvalue weighted by molar-refractivity contribution is 0.0708. The summed E-state index contributed by atoms with van der Waals surface area (Å²) in [5.74, 6) is 0.609. The van der Waals surface area contributed by atoms with E-state index in [1.54, 1.807) is 28.6 Å². The molecule has 29 heavy (non-hydrogen) atoms. The molecule has 0 aromatic heterocycles. The Labute approximate surface area is 174 Å². The van der Waals surface area contributed by atoms with Crippen LogP contribution in [0.3, 0.4) is 0 Å². The summed E-state index contributed by atoms with van der Waals surface area (Å²) in [5, 5.41) is 0. The van der Waals surface area contributed by atoms with Crippen LogP contribution in [0, 0.1) is 5.92 Å². The van der Waals surface area contributed by atoms with Gasteiger partial charge in [-0.25, -0.2) is 8.42 Å². The average molecular weight is 420 g/mol. The fourth-order valence-corrected chi connectivity index (χ4v) is 6.34. The fourth-order valence-electron chi connectivity index (χ4n) is 4.87. The Morgan fingerprint density at radius 1 is 0.931 bits per heavy atom. The number of rotatable bonds is 5. The zero-order valence-electron chi connectivity index (χ0n) is 17.4. The molecule has 0 bridgehead atoms. The largest absolute Gasteiger partial charge is 0.334 e. The minimum atomic E-state index is -3.47. The van der Waals surface area contributed by atoms with Gasteiger partial charge in [-0.1, -0.05) is 6.92 Å². The van der Waals surface area contributed by atoms with Gasteiger partial charge in [0.25, 0.3) is 5.91 Å². The number of carbonyl (C=O) groups is 1. The summed E-state index contributed by atoms with van der Waals surface area (Å²) in [7, 11) is -3.47. The monoisotopic (exact) mass is 419 g/mol. The number of hydrogen-bond acceptors (Lipinski definition) is 4. The molecule has 0 saturated carbocycles. The number of sulfonamides is 1. The SMILES string of the molecule is CC1CCN(S(=O)(=O)c2ccc(C(=O)N3CCCC3CN3CCCC3)cc2)CC1. The van der Waals surface area contributed by atoms with Gasteiger partial charge in [0.2, 0.25) is 10.0 Å². The number of nitrogens with zero attached hydrogens (tertiary/aromatic N) is 3. The van der Waals surface area contributed by atoms with Crippen molar-refractivity contribution >= 4 is 15.9 Å². The van der Waals surface area contributed by atoms with Crippen molar-refractivity contribution in [1.29, 1.82) is 0 Å². The Morgan fingerprint density at radius 2 is 1.59 bits per heavy atom. The molecule has 0 spiro atoms. The van der Waals surface area contributed by atoms with Crippen molar-refractivity contribution in [3.63, 3.8) is 0 Å². The van der Waals surface area contributed by atoms with E-state index >= 15 is 0 Å². The number of amides is 1. The Kier molecular flexibility index (Phi) is 6.27. The number of hydrogen-bond donors (Lipinski definition) is 0. The second-order valence-corrected chi connectivity index (χ2v) is 10.9. The molecule has 3 aliphatic heterocycles. The smallest absolute Gasteiger partial charge is 0.254 e. The molecule has 1 atom stereocenters. The first-order valence-corrected chi connectivity index (χ1v) is 12.5. The lowest BCUT2D eigenvalue weighted by Crippen LogP contribution is -2.42. The van der Waals surface area contributed by atoms with Gasteiger partial charge >= 0.3 is 0 Å². The molecule has 3 saturated heterocycles. The highest BCUT2D eigenvalue weighted by molar-refractivity contribution is 7.89. The van der Waals surface area contributed by atoms with E-state index in [0.717, 1.165) is 51.9 Å². The maximum absolute atomic E-state index is 13.1. The predicted octanol–water partition coefficient (Wildman–Crippen LogP) is 2.81. The van der Waals surface area contributed by atoms with Crippen LogP contribution in [0.15, 0.2) is 29.2 Å². The topological polar surface area (TPSA) is 60.9 Å². The molecule has 1 aromatic carbocycles. The molecular formula is C22H33N3O3S. The van der Waals surface area contributed by atoms with Crippen LogP contribution < -0.4 is 0 Å². The van der Waals surface area contributed by atoms with E-state index in [1.807, 2.05) is 4.90 Å². The Hall–Kier alpha value is -1.44. The van der Waals surface area contributed by atoms with Crippen molar-refractivity contribution in [2.75, 3.05) is 39.3 Å². The third kappa shape index (κ3) is 4.52. The van der Waals surface area contributed by atoms with Gasteiger partial charge in [0.05, 0.1) is 4.90 Å². The highest BCUT2D eigenvalue weighted by atomic mass is 32.2. The lowest BCUT2D eigenvalue weighted by atomic mass is 10.0. The summed E-state index contributed by atoms with van der Waals surface area (Å²) in [6.45, 7) is 7.36. The molecule has 1 amide bonds. The number of benzene rings is 1. The number of piperidine rings is 1. The van der Waals surface area contributed by atoms with E-state index in [0.29, 0.717) is 29.5 Å². The molecule has 160 valence electrons. The molecule has 6 nitrogen and oxygen atoms in total. The van der Waals surface area contributed by atoms with E-state index in [4.69, 9.17) is 0 Å². The van der Waals surface area contributed by atoms with Gasteiger partial charge in [0, 0.05) is 37.8 Å². The molecule has 3 aliphatic rings. The highest BCUT2D eigenvalue weighted by Gasteiger charge is 2.32. The van der Waals surface area contributed by atoms with E-state index < -0.39 is 10.0 Å². The van der Waals surface area contributed by atoms with Gasteiger partial charge in [-0.05, 0) is 81.8 Å². The van der Waals surface area contributed by atoms with Crippen LogP contribution in [-0.2, 0) is 10.0 Å². The summed E-state index contributed by atoms with van der Waals surface area (Å²) < 4.78 is 27.4. The van der Waals surface area contributed by atoms with Gasteiger partial charge in [-0.15, -0.1) is 0 Å². The van der Waals surface area contributed by atoms with Gasteiger partial charge in [0.1, 0.15) is 0 Å². The van der Waals surface area contributed by atoms with Gasteiger partial charge in [-0.3, -0.25) is 4.79 Å². The summed E-state index contributed by atoms with van der Waals surface area (Å²) in [6.07, 6.45) is 6.43. The average Bonchev–Trinajstić information content (AvgIpc) is 3.40. The highest BCUT2D eigenvalue weighted by Crippen LogP contribution is 2.26. The minimum Gasteiger partial charge on any atom is -0.334 e. The zero-order chi connectivity index (χ0) is 20.4. The summed E-state index contributed by atoms with van der Waals surface area (Å²) in [4.78, 5) is 17.8. The van der Waals surface area contributed by atoms with Crippen LogP contribution in [-0.4, -0.2) is 73.7 Å². The van der Waals surface area contributed by atoms with Crippen LogP contribution in [0.2, 0.25) is 0 Å². The maximum Gasteiger partial charge on any atom is 0.254 e. The first kappa shape index (κ1) is 20.8. The van der Waals surface area contributed by atoms with Crippen molar-refractivity contribution < 1.29 is 13.2 Å². The van der Waals surface area contributed by atoms with Crippen LogP contribution in [0.1, 0.15) is 55.8 Å². The first-order valence-electron chi connectivity index (χ1n) is 11.1. The van der Waals surface area contributed by atoms with Crippen molar-refractivity contribution in [2.45, 2.75) is 56.4 Å². The van der Waals surface area contributed by atoms with Gasteiger partial charge < -0.3 is 9.80 Å². The van der Waals surface area contributed by atoms with Crippen LogP contribution in [0.5, 0.6) is 0 Å². The third-order valence-electron chi connectivity index (χ3n) is 6.79. The Bertz CT molecular complexity index is 810. The molecule has 1 unspecified atom stereocenters. The third-order valence-corrected chi connectivity index (χ3v) is 8.70. The molecular weight excluding hydrogens is 386 g/mol. The second-order valence-electron chi connectivity index (χ2n) is 8.91. The van der Waals surface area contributed by atoms with Crippen LogP contribution >= 0.6 is 0 Å². The normalized spacial score (nSPS) is 25.0. The molecule has 7 heteroatoms. The molecule has 3 heterocycles. The summed E-state index contributed by atoms with van der Waals surface area (Å²) in [6, 6.07) is 6.86.